The standard InChI is InChI=1S/C11H13FNO.BrH.Zn/c12-11-3-1-2-10(8-11)9-13-4-6-14-7-5-13;;/h1,3,8H,4-7,9H2;1H;/q-1;;+2/p-1. The maximum absolute atomic E-state index is 12.9. The fourth-order valence-electron chi connectivity index (χ4n) is 1.58. The van der Waals surface area contributed by atoms with Crippen molar-refractivity contribution in [3.05, 3.63) is 35.6 Å². The van der Waals surface area contributed by atoms with Crippen LogP contribution in [0.25, 0.3) is 0 Å². The molecule has 0 amide bonds. The fraction of sp³-hybridized carbons (Fsp3) is 0.455. The number of morpholine rings is 1. The van der Waals surface area contributed by atoms with E-state index in [9.17, 15) is 4.39 Å². The van der Waals surface area contributed by atoms with Crippen LogP contribution in [0.2, 0.25) is 0 Å². The molecule has 1 saturated heterocycles. The average molecular weight is 340 g/mol. The zero-order valence-corrected chi connectivity index (χ0v) is 13.6. The van der Waals surface area contributed by atoms with Crippen LogP contribution in [0.1, 0.15) is 5.56 Å². The van der Waals surface area contributed by atoms with Crippen LogP contribution in [0.3, 0.4) is 0 Å². The molecule has 0 bridgehead atoms. The molecule has 1 aromatic carbocycles. The van der Waals surface area contributed by atoms with Crippen LogP contribution in [-0.2, 0) is 27.6 Å². The van der Waals surface area contributed by atoms with Gasteiger partial charge in [-0.1, -0.05) is 0 Å². The minimum absolute atomic E-state index is 0.188. The molecule has 0 spiro atoms. The molecule has 0 N–H and O–H groups in total. The number of rotatable bonds is 2. The molecular formula is C11H13BrFNOZn. The maximum atomic E-state index is 12.9. The molecular weight excluding hydrogens is 326 g/mol. The number of hydrogen-bond acceptors (Lipinski definition) is 2. The summed E-state index contributed by atoms with van der Waals surface area (Å²) in [6, 6.07) is 7.62. The van der Waals surface area contributed by atoms with Crippen molar-refractivity contribution in [2.24, 2.45) is 0 Å². The summed E-state index contributed by atoms with van der Waals surface area (Å²) in [5.41, 5.74) is 0.909. The molecule has 2 rings (SSSR count). The third kappa shape index (κ3) is 5.00. The minimum atomic E-state index is -0.188. The molecule has 1 aromatic rings. The summed E-state index contributed by atoms with van der Waals surface area (Å²) in [6.07, 6.45) is 0. The van der Waals surface area contributed by atoms with Crippen molar-refractivity contribution in [3.8, 4) is 0 Å². The van der Waals surface area contributed by atoms with E-state index in [1.807, 2.05) is 0 Å². The van der Waals surface area contributed by atoms with E-state index in [0.717, 1.165) is 38.4 Å². The molecule has 2 nitrogen and oxygen atoms in total. The Morgan fingerprint density at radius 1 is 1.44 bits per heavy atom. The first kappa shape index (κ1) is 14.2. The van der Waals surface area contributed by atoms with Crippen molar-refractivity contribution in [1.29, 1.82) is 0 Å². The van der Waals surface area contributed by atoms with Crippen molar-refractivity contribution in [1.82, 2.24) is 4.90 Å². The summed E-state index contributed by atoms with van der Waals surface area (Å²) >= 11 is 4.25. The summed E-state index contributed by atoms with van der Waals surface area (Å²) in [4.78, 5) is 2.24. The van der Waals surface area contributed by atoms with E-state index in [0.29, 0.717) is 0 Å². The summed E-state index contributed by atoms with van der Waals surface area (Å²) < 4.78 is 18.1. The second-order valence-corrected chi connectivity index (χ2v) is 3.42. The predicted octanol–water partition coefficient (Wildman–Crippen LogP) is 2.30. The van der Waals surface area contributed by atoms with Gasteiger partial charge in [-0.05, 0) is 0 Å². The molecule has 0 saturated carbocycles. The van der Waals surface area contributed by atoms with Gasteiger partial charge in [0, 0.05) is 25.5 Å². The van der Waals surface area contributed by atoms with Gasteiger partial charge in [0.15, 0.2) is 0 Å². The quantitative estimate of drug-likeness (QED) is 0.606. The fourth-order valence-corrected chi connectivity index (χ4v) is 1.58. The Morgan fingerprint density at radius 3 is 2.75 bits per heavy atom. The zero-order valence-electron chi connectivity index (χ0n) is 9.09. The summed E-state index contributed by atoms with van der Waals surface area (Å²) in [6.45, 7) is 4.15. The molecule has 1 aliphatic heterocycles. The Labute approximate surface area is 112 Å². The van der Waals surface area contributed by atoms with Gasteiger partial charge in [-0.2, -0.15) is 12.1 Å². The van der Waals surface area contributed by atoms with E-state index >= 15 is 0 Å². The molecule has 0 aliphatic carbocycles. The van der Waals surface area contributed by atoms with E-state index in [1.165, 1.54) is 28.5 Å². The van der Waals surface area contributed by atoms with Gasteiger partial charge < -0.3 is 4.74 Å². The van der Waals surface area contributed by atoms with Crippen molar-refractivity contribution in [3.63, 3.8) is 0 Å². The van der Waals surface area contributed by atoms with Gasteiger partial charge in [-0.25, -0.2) is 4.39 Å². The average Bonchev–Trinajstić information content (AvgIpc) is 2.33. The Kier molecular flexibility index (Phi) is 7.38. The van der Waals surface area contributed by atoms with E-state index in [-0.39, 0.29) is 5.82 Å². The first-order valence-electron chi connectivity index (χ1n) is 5.07. The van der Waals surface area contributed by atoms with Crippen molar-refractivity contribution in [2.75, 3.05) is 26.3 Å². The van der Waals surface area contributed by atoms with Gasteiger partial charge in [-0.3, -0.25) is 4.90 Å². The zero-order chi connectivity index (χ0) is 11.8. The summed E-state index contributed by atoms with van der Waals surface area (Å²) in [5, 5.41) is 0. The number of benzene rings is 1. The van der Waals surface area contributed by atoms with Crippen LogP contribution in [0.4, 0.5) is 4.39 Å². The second-order valence-electron chi connectivity index (χ2n) is 3.42. The predicted molar refractivity (Wildman–Crippen MR) is 60.3 cm³/mol. The van der Waals surface area contributed by atoms with E-state index in [1.54, 1.807) is 6.07 Å². The first-order chi connectivity index (χ1) is 7.84. The van der Waals surface area contributed by atoms with Crippen LogP contribution in [0, 0.1) is 11.9 Å². The Balaban J connectivity index is 0.000000606. The Bertz CT molecular complexity index is 308. The van der Waals surface area contributed by atoms with Gasteiger partial charge in [0.1, 0.15) is 0 Å². The topological polar surface area (TPSA) is 12.5 Å². The molecule has 16 heavy (non-hydrogen) atoms. The first-order valence-corrected chi connectivity index (χ1v) is 12.0. The molecule has 0 unspecified atom stereocenters. The molecule has 5 heteroatoms. The molecule has 1 heterocycles. The Morgan fingerprint density at radius 2 is 2.12 bits per heavy atom. The second kappa shape index (κ2) is 8.29. The van der Waals surface area contributed by atoms with Gasteiger partial charge in [0.2, 0.25) is 0 Å². The number of ether oxygens (including phenoxy) is 1. The molecule has 84 valence electrons. The monoisotopic (exact) mass is 337 g/mol. The van der Waals surface area contributed by atoms with Crippen LogP contribution in [0.5, 0.6) is 0 Å². The van der Waals surface area contributed by atoms with E-state index in [4.69, 9.17) is 4.74 Å². The number of nitrogens with zero attached hydrogens (tertiary/aromatic N) is 1. The van der Waals surface area contributed by atoms with Gasteiger partial charge in [0.25, 0.3) is 0 Å². The third-order valence-corrected chi connectivity index (χ3v) is 2.32. The van der Waals surface area contributed by atoms with Crippen molar-refractivity contribution < 1.29 is 25.5 Å². The number of hydrogen-bond donors (Lipinski definition) is 0. The van der Waals surface area contributed by atoms with Gasteiger partial charge in [-0.15, -0.1) is 17.7 Å². The van der Waals surface area contributed by atoms with E-state index in [2.05, 4.69) is 24.6 Å². The molecule has 0 radical (unpaired) electrons. The van der Waals surface area contributed by atoms with Crippen LogP contribution in [0.15, 0.2) is 18.2 Å². The van der Waals surface area contributed by atoms with Crippen molar-refractivity contribution in [2.45, 2.75) is 6.54 Å². The molecule has 0 aromatic heterocycles. The Hall–Kier alpha value is 0.173. The van der Waals surface area contributed by atoms with E-state index < -0.39 is 0 Å². The molecule has 1 aliphatic rings. The number of halogens is 2. The van der Waals surface area contributed by atoms with Crippen LogP contribution < -0.4 is 0 Å². The van der Waals surface area contributed by atoms with Crippen molar-refractivity contribution >= 4 is 13.6 Å². The normalized spacial score (nSPS) is 16.5. The third-order valence-electron chi connectivity index (χ3n) is 2.32. The van der Waals surface area contributed by atoms with Crippen LogP contribution >= 0.6 is 13.6 Å². The van der Waals surface area contributed by atoms with Gasteiger partial charge in [0.05, 0.1) is 13.2 Å². The molecule has 1 fully saturated rings. The van der Waals surface area contributed by atoms with Crippen LogP contribution in [-0.4, -0.2) is 31.2 Å². The summed E-state index contributed by atoms with van der Waals surface area (Å²) in [7, 11) is 0. The SMILES string of the molecule is Fc1cc[c-]c(CN2CCOCC2)c1.[Zn+][Br]. The summed E-state index contributed by atoms with van der Waals surface area (Å²) in [5.74, 6) is -0.188. The molecule has 0 atom stereocenters. The van der Waals surface area contributed by atoms with Gasteiger partial charge >= 0.3 is 30.0 Å².